The molecule has 0 nitrogen and oxygen atoms in total. The summed E-state index contributed by atoms with van der Waals surface area (Å²) in [7, 11) is 0. The number of hydrogen-bond acceptors (Lipinski definition) is 0. The van der Waals surface area contributed by atoms with Gasteiger partial charge in [-0.15, -0.1) is 0 Å². The van der Waals surface area contributed by atoms with Gasteiger partial charge in [-0.25, -0.2) is 0 Å². The van der Waals surface area contributed by atoms with Crippen molar-refractivity contribution in [3.63, 3.8) is 0 Å². The van der Waals surface area contributed by atoms with Gasteiger partial charge in [-0.2, -0.15) is 0 Å². The highest BCUT2D eigenvalue weighted by Crippen LogP contribution is 2.21. The lowest BCUT2D eigenvalue weighted by atomic mass is 9.98. The van der Waals surface area contributed by atoms with E-state index in [0.717, 1.165) is 5.57 Å². The summed E-state index contributed by atoms with van der Waals surface area (Å²) in [5.74, 6) is 0. The highest BCUT2D eigenvalue weighted by atomic mass is 14.0. The number of rotatable bonds is 2. The van der Waals surface area contributed by atoms with Crippen molar-refractivity contribution >= 4 is 5.57 Å². The Hall–Kier alpha value is -1.82. The van der Waals surface area contributed by atoms with E-state index in [4.69, 9.17) is 0 Å². The summed E-state index contributed by atoms with van der Waals surface area (Å²) in [6, 6.07) is 18.7. The Bertz CT molecular complexity index is 466. The highest BCUT2D eigenvalue weighted by Gasteiger charge is 2.00. The second kappa shape index (κ2) is 5.32. The van der Waals surface area contributed by atoms with Crippen molar-refractivity contribution in [1.82, 2.24) is 0 Å². The SMILES string of the molecule is C.C=C(c1ccccc1)c1cccc(C)c1. The first-order valence-electron chi connectivity index (χ1n) is 5.09. The Balaban J connectivity index is 0.00000128. The van der Waals surface area contributed by atoms with Gasteiger partial charge in [-0.05, 0) is 23.6 Å². The minimum Gasteiger partial charge on any atom is -0.0906 e. The minimum absolute atomic E-state index is 0. The molecule has 0 saturated heterocycles. The molecule has 2 aromatic carbocycles. The smallest absolute Gasteiger partial charge is 0.0181 e. The Labute approximate surface area is 98.3 Å². The third kappa shape index (κ3) is 2.60. The maximum Gasteiger partial charge on any atom is -0.0181 e. The van der Waals surface area contributed by atoms with Crippen LogP contribution in [0.4, 0.5) is 0 Å². The van der Waals surface area contributed by atoms with Crippen molar-refractivity contribution in [2.24, 2.45) is 0 Å². The molecule has 0 unspecified atom stereocenters. The third-order valence-corrected chi connectivity index (χ3v) is 2.49. The van der Waals surface area contributed by atoms with Crippen LogP contribution in [-0.2, 0) is 0 Å². The van der Waals surface area contributed by atoms with Gasteiger partial charge < -0.3 is 0 Å². The Morgan fingerprint density at radius 2 is 1.50 bits per heavy atom. The van der Waals surface area contributed by atoms with Gasteiger partial charge in [0.2, 0.25) is 0 Å². The molecular formula is C16H18. The molecule has 0 saturated carbocycles. The van der Waals surface area contributed by atoms with Gasteiger partial charge in [-0.3, -0.25) is 0 Å². The fourth-order valence-electron chi connectivity index (χ4n) is 1.64. The fourth-order valence-corrected chi connectivity index (χ4v) is 1.64. The summed E-state index contributed by atoms with van der Waals surface area (Å²) in [6.45, 7) is 6.24. The monoisotopic (exact) mass is 210 g/mol. The van der Waals surface area contributed by atoms with Gasteiger partial charge in [0.15, 0.2) is 0 Å². The molecule has 0 aliphatic carbocycles. The van der Waals surface area contributed by atoms with E-state index in [1.54, 1.807) is 0 Å². The van der Waals surface area contributed by atoms with Crippen LogP contribution in [0.25, 0.3) is 5.57 Å². The van der Waals surface area contributed by atoms with Gasteiger partial charge >= 0.3 is 0 Å². The van der Waals surface area contributed by atoms with Crippen LogP contribution in [-0.4, -0.2) is 0 Å². The van der Waals surface area contributed by atoms with E-state index in [9.17, 15) is 0 Å². The molecule has 0 radical (unpaired) electrons. The van der Waals surface area contributed by atoms with E-state index < -0.39 is 0 Å². The summed E-state index contributed by atoms with van der Waals surface area (Å²) in [4.78, 5) is 0. The van der Waals surface area contributed by atoms with E-state index in [1.807, 2.05) is 18.2 Å². The maximum atomic E-state index is 4.14. The third-order valence-electron chi connectivity index (χ3n) is 2.49. The molecule has 0 heterocycles. The first-order valence-corrected chi connectivity index (χ1v) is 5.09. The van der Waals surface area contributed by atoms with Gasteiger partial charge in [0.05, 0.1) is 0 Å². The van der Waals surface area contributed by atoms with Crippen molar-refractivity contribution in [3.8, 4) is 0 Å². The quantitative estimate of drug-likeness (QED) is 0.674. The van der Waals surface area contributed by atoms with Crippen molar-refractivity contribution in [2.75, 3.05) is 0 Å². The molecule has 0 fully saturated rings. The molecule has 0 aliphatic rings. The first kappa shape index (κ1) is 12.3. The first-order chi connectivity index (χ1) is 7.27. The van der Waals surface area contributed by atoms with Crippen LogP contribution in [0.5, 0.6) is 0 Å². The van der Waals surface area contributed by atoms with Crippen molar-refractivity contribution in [1.29, 1.82) is 0 Å². The van der Waals surface area contributed by atoms with E-state index >= 15 is 0 Å². The predicted octanol–water partition coefficient (Wildman–Crippen LogP) is 4.69. The molecule has 82 valence electrons. The normalized spacial score (nSPS) is 9.31. The van der Waals surface area contributed by atoms with Crippen molar-refractivity contribution in [3.05, 3.63) is 77.9 Å². The highest BCUT2D eigenvalue weighted by molar-refractivity contribution is 5.78. The molecule has 0 aromatic heterocycles. The molecule has 0 aliphatic heterocycles. The molecule has 0 bridgehead atoms. The van der Waals surface area contributed by atoms with Gasteiger partial charge in [0.1, 0.15) is 0 Å². The molecule has 2 aromatic rings. The molecule has 2 rings (SSSR count). The van der Waals surface area contributed by atoms with Crippen LogP contribution >= 0.6 is 0 Å². The second-order valence-corrected chi connectivity index (χ2v) is 3.71. The summed E-state index contributed by atoms with van der Waals surface area (Å²) in [5.41, 5.74) is 4.73. The Morgan fingerprint density at radius 3 is 2.12 bits per heavy atom. The molecular weight excluding hydrogens is 192 g/mol. The van der Waals surface area contributed by atoms with Crippen LogP contribution in [0.1, 0.15) is 24.1 Å². The Kier molecular flexibility index (Phi) is 4.07. The molecule has 0 heteroatoms. The van der Waals surface area contributed by atoms with E-state index in [1.165, 1.54) is 16.7 Å². The van der Waals surface area contributed by atoms with Crippen LogP contribution in [0, 0.1) is 6.92 Å². The average Bonchev–Trinajstić information content (AvgIpc) is 2.29. The molecule has 0 amide bonds. The molecule has 16 heavy (non-hydrogen) atoms. The van der Waals surface area contributed by atoms with Gasteiger partial charge in [0.25, 0.3) is 0 Å². The second-order valence-electron chi connectivity index (χ2n) is 3.71. The maximum absolute atomic E-state index is 4.14. The molecule has 0 atom stereocenters. The standard InChI is InChI=1S/C15H14.CH4/c1-12-7-6-10-15(11-12)13(2)14-8-4-3-5-9-14;/h3-11H,2H2,1H3;1H4. The van der Waals surface area contributed by atoms with Crippen LogP contribution in [0.2, 0.25) is 0 Å². The summed E-state index contributed by atoms with van der Waals surface area (Å²) in [6.07, 6.45) is 0. The van der Waals surface area contributed by atoms with Gasteiger partial charge in [0, 0.05) is 0 Å². The van der Waals surface area contributed by atoms with E-state index in [0.29, 0.717) is 0 Å². The molecule has 0 N–H and O–H groups in total. The van der Waals surface area contributed by atoms with Crippen LogP contribution in [0.15, 0.2) is 61.2 Å². The summed E-state index contributed by atoms with van der Waals surface area (Å²) >= 11 is 0. The number of benzene rings is 2. The average molecular weight is 210 g/mol. The van der Waals surface area contributed by atoms with E-state index in [-0.39, 0.29) is 7.43 Å². The lowest BCUT2D eigenvalue weighted by Gasteiger charge is -2.06. The fraction of sp³-hybridized carbons (Fsp3) is 0.125. The topological polar surface area (TPSA) is 0 Å². The lowest BCUT2D eigenvalue weighted by molar-refractivity contribution is 1.44. The number of aryl methyl sites for hydroxylation is 1. The zero-order chi connectivity index (χ0) is 10.7. The van der Waals surface area contributed by atoms with Gasteiger partial charge in [-0.1, -0.05) is 74.2 Å². The zero-order valence-corrected chi connectivity index (χ0v) is 8.90. The Morgan fingerprint density at radius 1 is 0.875 bits per heavy atom. The summed E-state index contributed by atoms with van der Waals surface area (Å²) in [5, 5.41) is 0. The van der Waals surface area contributed by atoms with Crippen molar-refractivity contribution in [2.45, 2.75) is 14.4 Å². The van der Waals surface area contributed by atoms with Crippen LogP contribution in [0.3, 0.4) is 0 Å². The zero-order valence-electron chi connectivity index (χ0n) is 8.90. The largest absolute Gasteiger partial charge is 0.0906 e. The summed E-state index contributed by atoms with van der Waals surface area (Å²) < 4.78 is 0. The van der Waals surface area contributed by atoms with Crippen molar-refractivity contribution < 1.29 is 0 Å². The molecule has 0 spiro atoms. The predicted molar refractivity (Wildman–Crippen MR) is 72.5 cm³/mol. The lowest BCUT2D eigenvalue weighted by Crippen LogP contribution is -1.86. The van der Waals surface area contributed by atoms with E-state index in [2.05, 4.69) is 49.9 Å². The number of hydrogen-bond donors (Lipinski definition) is 0. The minimum atomic E-state index is 0. The van der Waals surface area contributed by atoms with Crippen LogP contribution < -0.4 is 0 Å².